The number of hydrogen-bond acceptors (Lipinski definition) is 15. The van der Waals surface area contributed by atoms with Crippen molar-refractivity contribution in [1.29, 1.82) is 0 Å². The summed E-state index contributed by atoms with van der Waals surface area (Å²) in [6.07, 6.45) is 0. The third-order valence-corrected chi connectivity index (χ3v) is 18.7. The van der Waals surface area contributed by atoms with Crippen LogP contribution in [0.15, 0.2) is 106 Å². The molecule has 7 N–H and O–H groups in total. The number of benzene rings is 6. The first-order valence-corrected chi connectivity index (χ1v) is 29.7. The molecule has 0 amide bonds. The van der Waals surface area contributed by atoms with Crippen LogP contribution in [0.1, 0.15) is 50.1 Å². The van der Waals surface area contributed by atoms with Gasteiger partial charge < -0.3 is 9.73 Å². The molecule has 0 unspecified atom stereocenters. The van der Waals surface area contributed by atoms with Crippen molar-refractivity contribution in [2.75, 3.05) is 10.0 Å². The third-order valence-electron chi connectivity index (χ3n) is 12.1. The lowest BCUT2D eigenvalue weighted by atomic mass is 9.93. The van der Waals surface area contributed by atoms with Crippen LogP contribution < -0.4 is 15.4 Å². The first kappa shape index (κ1) is 54.7. The van der Waals surface area contributed by atoms with Gasteiger partial charge in [-0.15, -0.1) is 0 Å². The van der Waals surface area contributed by atoms with Crippen molar-refractivity contribution >= 4 is 94.3 Å². The third kappa shape index (κ3) is 10.3. The summed E-state index contributed by atoms with van der Waals surface area (Å²) in [5.74, 6) is -0.351. The van der Waals surface area contributed by atoms with E-state index in [0.717, 1.165) is 30.3 Å². The number of nitrogens with zero attached hydrogens (tertiary/aromatic N) is 1. The van der Waals surface area contributed by atoms with E-state index in [0.29, 0.717) is 5.56 Å². The Hall–Kier alpha value is -6.11. The van der Waals surface area contributed by atoms with Gasteiger partial charge >= 0.3 is 0 Å². The van der Waals surface area contributed by atoms with Gasteiger partial charge in [0.15, 0.2) is 0 Å². The maximum atomic E-state index is 14.8. The molecule has 388 valence electrons. The summed E-state index contributed by atoms with van der Waals surface area (Å²) in [4.78, 5) is 0.297. The lowest BCUT2D eigenvalue weighted by molar-refractivity contribution is 0.479. The average Bonchev–Trinajstić information content (AvgIpc) is 3.21. The zero-order valence-electron chi connectivity index (χ0n) is 39.8. The van der Waals surface area contributed by atoms with Crippen LogP contribution in [0, 0.1) is 62.3 Å². The summed E-state index contributed by atoms with van der Waals surface area (Å²) in [6.45, 7) is 12.6. The average molecular weight is 1120 g/mol. The van der Waals surface area contributed by atoms with Gasteiger partial charge in [0, 0.05) is 39.9 Å². The Bertz CT molecular complexity index is 4340. The van der Waals surface area contributed by atoms with Gasteiger partial charge in [-0.1, -0.05) is 36.4 Å². The largest absolute Gasteiger partial charge is 0.456 e. The molecular weight excluding hydrogens is 1070 g/mol. The van der Waals surface area contributed by atoms with Crippen molar-refractivity contribution < 1.29 is 77.7 Å². The van der Waals surface area contributed by atoms with E-state index in [1.54, 1.807) is 0 Å². The lowest BCUT2D eigenvalue weighted by Gasteiger charge is -2.22. The van der Waals surface area contributed by atoms with E-state index in [2.05, 4.69) is 15.0 Å². The molecule has 0 spiro atoms. The molecule has 7 rings (SSSR count). The Morgan fingerprint density at radius 1 is 0.466 bits per heavy atom. The maximum absolute atomic E-state index is 14.8. The van der Waals surface area contributed by atoms with Crippen LogP contribution in [0.5, 0.6) is 0 Å². The zero-order valence-corrected chi connectivity index (χ0v) is 44.7. The van der Waals surface area contributed by atoms with E-state index < -0.39 is 101 Å². The van der Waals surface area contributed by atoms with E-state index >= 15 is 0 Å². The number of hydrogen-bond donors (Lipinski definition) is 7. The molecule has 27 heteroatoms. The van der Waals surface area contributed by atoms with Crippen molar-refractivity contribution in [3.8, 4) is 22.5 Å². The Morgan fingerprint density at radius 3 is 1.47 bits per heavy atom. The second-order valence-corrected chi connectivity index (χ2v) is 25.8. The summed E-state index contributed by atoms with van der Waals surface area (Å²) in [6, 6.07) is 12.7. The molecular formula is C46H45N3O18S6. The fourth-order valence-electron chi connectivity index (χ4n) is 9.38. The van der Waals surface area contributed by atoms with E-state index in [4.69, 9.17) is 4.42 Å². The van der Waals surface area contributed by atoms with Crippen LogP contribution in [-0.2, 0) is 60.6 Å². The molecule has 0 atom stereocenters. The second-order valence-electron chi connectivity index (χ2n) is 17.3. The first-order chi connectivity index (χ1) is 33.3. The van der Waals surface area contributed by atoms with Crippen molar-refractivity contribution in [2.45, 2.75) is 91.7 Å². The zero-order chi connectivity index (χ0) is 54.6. The summed E-state index contributed by atoms with van der Waals surface area (Å²) < 4.78 is 219. The van der Waals surface area contributed by atoms with Gasteiger partial charge in [-0.05, 0) is 131 Å². The molecule has 1 heterocycles. The van der Waals surface area contributed by atoms with E-state index in [1.165, 1.54) is 98.7 Å². The second kappa shape index (κ2) is 18.4. The van der Waals surface area contributed by atoms with Crippen LogP contribution in [0.3, 0.4) is 0 Å². The summed E-state index contributed by atoms with van der Waals surface area (Å²) >= 11 is 0. The Balaban J connectivity index is 1.67. The highest BCUT2D eigenvalue weighted by molar-refractivity contribution is 7.93. The number of anilines is 3. The standard InChI is InChI=1S/C46H45N3O18S6/c1-21-14-24(4)44(71(58,59)60)27(7)41(21)47-33-19-35-31(17-38(33)69(52,53)54)40(30-12-10-11-13-37(30)68(50,51)49-43-23(3)16-26(6)46(29(43)9)73(64,65)66)32-18-39(70(55,56)57)34(20-36(32)67-35)48-42-22(2)15-25(5)45(28(42)8)72(61,62)63/h10-20,47,49H,1-9H3,(H,52,53,54)(H,55,56,57)(H,58,59,60)(H,61,62,63)(H,64,65,66). The Morgan fingerprint density at radius 2 is 0.945 bits per heavy atom. The topological polar surface area (TPSA) is 356 Å². The first-order valence-electron chi connectivity index (χ1n) is 21.1. The number of nitrogens with one attached hydrogen (secondary N) is 2. The molecule has 2 aliphatic rings. The van der Waals surface area contributed by atoms with Gasteiger partial charge in [0.1, 0.15) is 35.8 Å². The Kier molecular flexibility index (Phi) is 13.8. The fourth-order valence-corrected chi connectivity index (χ4v) is 14.9. The normalized spacial score (nSPS) is 13.3. The van der Waals surface area contributed by atoms with Crippen LogP contribution in [-0.4, -0.2) is 73.3 Å². The molecule has 0 radical (unpaired) electrons. The molecule has 0 bridgehead atoms. The Labute approximate surface area is 420 Å². The van der Waals surface area contributed by atoms with Gasteiger partial charge in [-0.3, -0.25) is 27.5 Å². The predicted octanol–water partition coefficient (Wildman–Crippen LogP) is 7.99. The minimum atomic E-state index is -5.39. The molecule has 5 aromatic carbocycles. The number of rotatable bonds is 12. The molecule has 5 aromatic rings. The highest BCUT2D eigenvalue weighted by atomic mass is 32.2. The number of aryl methyl sites for hydroxylation is 6. The highest BCUT2D eigenvalue weighted by Crippen LogP contribution is 2.46. The van der Waals surface area contributed by atoms with Gasteiger partial charge in [-0.25, -0.2) is 13.4 Å². The molecule has 0 saturated heterocycles. The smallest absolute Gasteiger partial charge is 0.296 e. The number of sulfonamides is 1. The minimum absolute atomic E-state index is 0.0446. The molecule has 1 aliphatic carbocycles. The summed E-state index contributed by atoms with van der Waals surface area (Å²) in [7, 11) is -30.4. The molecule has 0 aromatic heterocycles. The fraction of sp³-hybridized carbons (Fsp3) is 0.196. The molecule has 21 nitrogen and oxygen atoms in total. The quantitative estimate of drug-likeness (QED) is 0.0450. The van der Waals surface area contributed by atoms with Gasteiger partial charge in [-0.2, -0.15) is 42.1 Å². The van der Waals surface area contributed by atoms with Gasteiger partial charge in [0.25, 0.3) is 60.6 Å². The molecule has 0 fully saturated rings. The lowest BCUT2D eigenvalue weighted by Crippen LogP contribution is -2.18. The molecule has 73 heavy (non-hydrogen) atoms. The van der Waals surface area contributed by atoms with Crippen LogP contribution >= 0.6 is 0 Å². The molecule has 1 aliphatic heterocycles. The van der Waals surface area contributed by atoms with Crippen molar-refractivity contribution in [1.82, 2.24) is 0 Å². The monoisotopic (exact) mass is 1120 g/mol. The number of fused-ring (bicyclic) bond motifs is 2. The van der Waals surface area contributed by atoms with Gasteiger partial charge in [0.05, 0.1) is 27.3 Å². The predicted molar refractivity (Wildman–Crippen MR) is 269 cm³/mol. The SMILES string of the molecule is Cc1cc(C)c(S(=O)(=O)O)c(C)c1N=c1cc2oc3cc(Nc4c(C)cc(C)c(S(=O)(=O)O)c4C)c(S(=O)(=O)O)cc3c(-c3ccccc3S(=O)(=O)Nc3c(C)cc(C)c(S(=O)(=O)O)c3C)c-2cc1S(=O)(=O)O. The minimum Gasteiger partial charge on any atom is -0.456 e. The summed E-state index contributed by atoms with van der Waals surface area (Å²) in [5, 5.41) is 1.89. The van der Waals surface area contributed by atoms with E-state index in [-0.39, 0.29) is 95.0 Å². The molecule has 0 saturated carbocycles. The summed E-state index contributed by atoms with van der Waals surface area (Å²) in [5.41, 5.74) is -1.48. The van der Waals surface area contributed by atoms with E-state index in [1.807, 2.05) is 0 Å². The maximum Gasteiger partial charge on any atom is 0.296 e. The van der Waals surface area contributed by atoms with Crippen LogP contribution in [0.4, 0.5) is 22.7 Å². The van der Waals surface area contributed by atoms with Crippen molar-refractivity contribution in [3.05, 3.63) is 122 Å². The van der Waals surface area contributed by atoms with Crippen LogP contribution in [0.2, 0.25) is 0 Å². The highest BCUT2D eigenvalue weighted by Gasteiger charge is 2.32. The van der Waals surface area contributed by atoms with Crippen LogP contribution in [0.25, 0.3) is 33.4 Å². The van der Waals surface area contributed by atoms with E-state index in [9.17, 15) is 73.3 Å². The van der Waals surface area contributed by atoms with Crippen molar-refractivity contribution in [3.63, 3.8) is 0 Å². The van der Waals surface area contributed by atoms with Crippen molar-refractivity contribution in [2.24, 2.45) is 4.99 Å². The van der Waals surface area contributed by atoms with Gasteiger partial charge in [0.2, 0.25) is 0 Å².